The number of hydrogen-bond acceptors (Lipinski definition) is 1. The van der Waals surface area contributed by atoms with Crippen LogP contribution in [0.5, 0.6) is 0 Å². The first kappa shape index (κ1) is 4.65. The molecule has 0 aromatic carbocycles. The molecule has 1 rings (SSSR count). The summed E-state index contributed by atoms with van der Waals surface area (Å²) in [5.74, 6) is 0.611. The third-order valence-corrected chi connectivity index (χ3v) is 1.11. The SMILES string of the molecule is [O]OC1=CCCC1. The van der Waals surface area contributed by atoms with Crippen LogP contribution in [0.4, 0.5) is 0 Å². The predicted octanol–water partition coefficient (Wildman–Crippen LogP) is 1.42. The highest BCUT2D eigenvalue weighted by Crippen LogP contribution is 2.16. The minimum Gasteiger partial charge on any atom is -0.310 e. The molecule has 0 aromatic heterocycles. The topological polar surface area (TPSA) is 29.1 Å². The molecule has 0 aliphatic heterocycles. The van der Waals surface area contributed by atoms with Crippen molar-refractivity contribution in [2.75, 3.05) is 0 Å². The maximum absolute atomic E-state index is 9.56. The van der Waals surface area contributed by atoms with Gasteiger partial charge in [0, 0.05) is 11.7 Å². The van der Waals surface area contributed by atoms with Crippen molar-refractivity contribution >= 4 is 0 Å². The van der Waals surface area contributed by atoms with Gasteiger partial charge >= 0.3 is 0 Å². The lowest BCUT2D eigenvalue weighted by molar-refractivity contribution is -0.269. The fourth-order valence-electron chi connectivity index (χ4n) is 0.717. The van der Waals surface area contributed by atoms with Crippen LogP contribution < -0.4 is 0 Å². The molecular weight excluding hydrogens is 92.1 g/mol. The lowest BCUT2D eigenvalue weighted by Gasteiger charge is -1.86. The normalized spacial score (nSPS) is 19.3. The molecule has 0 aromatic rings. The van der Waals surface area contributed by atoms with Crippen molar-refractivity contribution in [3.8, 4) is 0 Å². The van der Waals surface area contributed by atoms with Crippen molar-refractivity contribution in [3.05, 3.63) is 11.8 Å². The van der Waals surface area contributed by atoms with Gasteiger partial charge in [0.05, 0.1) is 0 Å². The molecule has 0 saturated heterocycles. The van der Waals surface area contributed by atoms with Crippen molar-refractivity contribution in [1.82, 2.24) is 0 Å². The number of allylic oxidation sites excluding steroid dienone is 2. The Hall–Kier alpha value is -0.500. The smallest absolute Gasteiger partial charge is 0.141 e. The average Bonchev–Trinajstić information content (AvgIpc) is 2.14. The van der Waals surface area contributed by atoms with Crippen molar-refractivity contribution in [2.45, 2.75) is 19.3 Å². The molecule has 39 valence electrons. The first-order valence-corrected chi connectivity index (χ1v) is 2.42. The van der Waals surface area contributed by atoms with Gasteiger partial charge < -0.3 is 4.89 Å². The molecule has 0 atom stereocenters. The number of rotatable bonds is 1. The third-order valence-electron chi connectivity index (χ3n) is 1.11. The van der Waals surface area contributed by atoms with E-state index in [1.165, 1.54) is 0 Å². The van der Waals surface area contributed by atoms with E-state index in [2.05, 4.69) is 4.89 Å². The van der Waals surface area contributed by atoms with E-state index in [4.69, 9.17) is 0 Å². The summed E-state index contributed by atoms with van der Waals surface area (Å²) in [5, 5.41) is 9.56. The molecule has 0 bridgehead atoms. The Morgan fingerprint density at radius 1 is 1.71 bits per heavy atom. The van der Waals surface area contributed by atoms with Crippen LogP contribution >= 0.6 is 0 Å². The monoisotopic (exact) mass is 99.0 g/mol. The molecule has 1 radical (unpaired) electrons. The van der Waals surface area contributed by atoms with Crippen LogP contribution in [0.25, 0.3) is 0 Å². The van der Waals surface area contributed by atoms with Crippen molar-refractivity contribution < 1.29 is 10.1 Å². The van der Waals surface area contributed by atoms with Crippen LogP contribution in [-0.2, 0) is 10.1 Å². The van der Waals surface area contributed by atoms with Gasteiger partial charge in [-0.3, -0.25) is 0 Å². The standard InChI is InChI=1S/C5H7O2/c6-7-5-3-1-2-4-5/h3H,1-2,4H2. The molecule has 2 nitrogen and oxygen atoms in total. The van der Waals surface area contributed by atoms with Gasteiger partial charge in [-0.1, -0.05) is 0 Å². The van der Waals surface area contributed by atoms with Crippen LogP contribution in [0, 0.1) is 0 Å². The molecule has 0 amide bonds. The zero-order valence-corrected chi connectivity index (χ0v) is 4.02. The second-order valence-electron chi connectivity index (χ2n) is 1.65. The van der Waals surface area contributed by atoms with Crippen molar-refractivity contribution in [2.24, 2.45) is 0 Å². The van der Waals surface area contributed by atoms with Gasteiger partial charge in [0.1, 0.15) is 5.76 Å². The van der Waals surface area contributed by atoms with E-state index in [0.717, 1.165) is 19.3 Å². The van der Waals surface area contributed by atoms with Crippen molar-refractivity contribution in [3.63, 3.8) is 0 Å². The summed E-state index contributed by atoms with van der Waals surface area (Å²) in [6, 6.07) is 0. The second kappa shape index (κ2) is 1.98. The first-order valence-electron chi connectivity index (χ1n) is 2.42. The summed E-state index contributed by atoms with van der Waals surface area (Å²) >= 11 is 0. The minimum absolute atomic E-state index is 0.611. The molecule has 0 saturated carbocycles. The zero-order valence-electron chi connectivity index (χ0n) is 4.02. The summed E-state index contributed by atoms with van der Waals surface area (Å²) < 4.78 is 0. The third kappa shape index (κ3) is 0.933. The fraction of sp³-hybridized carbons (Fsp3) is 0.600. The summed E-state index contributed by atoms with van der Waals surface area (Å²) in [7, 11) is 0. The highest BCUT2D eigenvalue weighted by Gasteiger charge is 2.03. The minimum atomic E-state index is 0.611. The van der Waals surface area contributed by atoms with Crippen LogP contribution in [0.3, 0.4) is 0 Å². The van der Waals surface area contributed by atoms with Crippen LogP contribution in [0.1, 0.15) is 19.3 Å². The Balaban J connectivity index is 2.36. The highest BCUT2D eigenvalue weighted by atomic mass is 17.1. The molecule has 0 fully saturated rings. The van der Waals surface area contributed by atoms with Gasteiger partial charge in [0.2, 0.25) is 0 Å². The largest absolute Gasteiger partial charge is 0.310 e. The van der Waals surface area contributed by atoms with E-state index in [1.54, 1.807) is 0 Å². The molecule has 0 heterocycles. The lowest BCUT2D eigenvalue weighted by Crippen LogP contribution is -1.76. The Labute approximate surface area is 42.3 Å². The lowest BCUT2D eigenvalue weighted by atomic mass is 10.4. The number of hydrogen-bond donors (Lipinski definition) is 0. The average molecular weight is 99.1 g/mol. The maximum Gasteiger partial charge on any atom is 0.141 e. The van der Waals surface area contributed by atoms with E-state index in [0.29, 0.717) is 5.76 Å². The molecule has 0 N–H and O–H groups in total. The maximum atomic E-state index is 9.56. The Morgan fingerprint density at radius 3 is 2.86 bits per heavy atom. The molecule has 0 spiro atoms. The molecular formula is C5H7O2. The van der Waals surface area contributed by atoms with E-state index in [1.807, 2.05) is 6.08 Å². The predicted molar refractivity (Wildman–Crippen MR) is 23.7 cm³/mol. The van der Waals surface area contributed by atoms with Gasteiger partial charge in [-0.05, 0) is 18.9 Å². The van der Waals surface area contributed by atoms with Crippen LogP contribution in [0.2, 0.25) is 0 Å². The Bertz CT molecular complexity index is 86.1. The summed E-state index contributed by atoms with van der Waals surface area (Å²) in [6.45, 7) is 0. The highest BCUT2D eigenvalue weighted by molar-refractivity contribution is 4.97. The molecule has 2 heteroatoms. The summed E-state index contributed by atoms with van der Waals surface area (Å²) in [6.07, 6.45) is 4.77. The molecule has 0 unspecified atom stereocenters. The fourth-order valence-corrected chi connectivity index (χ4v) is 0.717. The molecule has 1 aliphatic carbocycles. The second-order valence-corrected chi connectivity index (χ2v) is 1.65. The van der Waals surface area contributed by atoms with E-state index in [9.17, 15) is 5.26 Å². The Kier molecular flexibility index (Phi) is 1.32. The van der Waals surface area contributed by atoms with E-state index < -0.39 is 0 Å². The molecule has 1 aliphatic rings. The summed E-state index contributed by atoms with van der Waals surface area (Å²) in [5.41, 5.74) is 0. The van der Waals surface area contributed by atoms with E-state index >= 15 is 0 Å². The van der Waals surface area contributed by atoms with Gasteiger partial charge in [-0.15, -0.1) is 0 Å². The van der Waals surface area contributed by atoms with Gasteiger partial charge in [-0.25, -0.2) is 0 Å². The van der Waals surface area contributed by atoms with Crippen molar-refractivity contribution in [1.29, 1.82) is 0 Å². The van der Waals surface area contributed by atoms with Gasteiger partial charge in [-0.2, -0.15) is 0 Å². The van der Waals surface area contributed by atoms with E-state index in [-0.39, 0.29) is 0 Å². The first-order chi connectivity index (χ1) is 3.43. The van der Waals surface area contributed by atoms with Gasteiger partial charge in [0.25, 0.3) is 0 Å². The Morgan fingerprint density at radius 2 is 2.57 bits per heavy atom. The quantitative estimate of drug-likeness (QED) is 0.361. The van der Waals surface area contributed by atoms with Crippen LogP contribution in [0.15, 0.2) is 11.8 Å². The summed E-state index contributed by atoms with van der Waals surface area (Å²) in [4.78, 5) is 3.72. The zero-order chi connectivity index (χ0) is 5.11. The van der Waals surface area contributed by atoms with Gasteiger partial charge in [0.15, 0.2) is 0 Å². The van der Waals surface area contributed by atoms with Crippen LogP contribution in [-0.4, -0.2) is 0 Å². The molecule has 7 heavy (non-hydrogen) atoms.